The molecule has 38 heavy (non-hydrogen) atoms. The molecule has 2 aromatic carbocycles. The van der Waals surface area contributed by atoms with Crippen LogP contribution >= 0.6 is 0 Å². The molecule has 9 nitrogen and oxygen atoms in total. The monoisotopic (exact) mass is 518 g/mol. The predicted molar refractivity (Wildman–Crippen MR) is 142 cm³/mol. The van der Waals surface area contributed by atoms with Gasteiger partial charge in [0.25, 0.3) is 0 Å². The maximum absolute atomic E-state index is 13.7. The molecule has 2 amide bonds. The molecular formula is C28H31FN6O3. The number of halogens is 1. The SMILES string of the molecule is COc1ccc(-c2ccn(CC(=O)NC3(C(=O)NCCc4c[nH]c5ccc(F)cc45)CCNCC3)n2)cc1. The van der Waals surface area contributed by atoms with Crippen molar-refractivity contribution >= 4 is 22.7 Å². The number of hydrogen-bond donors (Lipinski definition) is 4. The van der Waals surface area contributed by atoms with E-state index in [0.29, 0.717) is 38.9 Å². The largest absolute Gasteiger partial charge is 0.497 e. The number of carbonyl (C=O) groups is 2. The highest BCUT2D eigenvalue weighted by atomic mass is 19.1. The molecule has 1 fully saturated rings. The van der Waals surface area contributed by atoms with Crippen LogP contribution in [0.5, 0.6) is 5.75 Å². The van der Waals surface area contributed by atoms with Gasteiger partial charge in [-0.05, 0) is 86.4 Å². The van der Waals surface area contributed by atoms with E-state index in [9.17, 15) is 14.0 Å². The van der Waals surface area contributed by atoms with E-state index >= 15 is 0 Å². The van der Waals surface area contributed by atoms with Crippen LogP contribution in [0.15, 0.2) is 60.9 Å². The zero-order valence-corrected chi connectivity index (χ0v) is 21.2. The van der Waals surface area contributed by atoms with Gasteiger partial charge in [0.2, 0.25) is 11.8 Å². The Balaban J connectivity index is 1.21. The summed E-state index contributed by atoms with van der Waals surface area (Å²) in [5.41, 5.74) is 2.43. The Labute approximate surface area is 219 Å². The van der Waals surface area contributed by atoms with Gasteiger partial charge < -0.3 is 25.7 Å². The molecule has 0 unspecified atom stereocenters. The topological polar surface area (TPSA) is 113 Å². The Kier molecular flexibility index (Phi) is 7.41. The minimum Gasteiger partial charge on any atom is -0.497 e. The first-order valence-corrected chi connectivity index (χ1v) is 12.7. The quantitative estimate of drug-likeness (QED) is 0.272. The molecular weight excluding hydrogens is 487 g/mol. The van der Waals surface area contributed by atoms with Crippen molar-refractivity contribution in [2.45, 2.75) is 31.3 Å². The number of H-pyrrole nitrogens is 1. The van der Waals surface area contributed by atoms with Crippen LogP contribution in [0.3, 0.4) is 0 Å². The smallest absolute Gasteiger partial charge is 0.245 e. The van der Waals surface area contributed by atoms with Crippen LogP contribution in [0.1, 0.15) is 18.4 Å². The summed E-state index contributed by atoms with van der Waals surface area (Å²) in [6, 6.07) is 14.0. The maximum atomic E-state index is 13.7. The van der Waals surface area contributed by atoms with Gasteiger partial charge in [0.1, 0.15) is 23.7 Å². The summed E-state index contributed by atoms with van der Waals surface area (Å²) in [4.78, 5) is 29.5. The Bertz CT molecular complexity index is 1420. The molecule has 0 radical (unpaired) electrons. The lowest BCUT2D eigenvalue weighted by atomic mass is 9.87. The Morgan fingerprint density at radius 3 is 2.68 bits per heavy atom. The summed E-state index contributed by atoms with van der Waals surface area (Å²) in [6.07, 6.45) is 5.10. The van der Waals surface area contributed by atoms with Crippen molar-refractivity contribution in [1.29, 1.82) is 0 Å². The lowest BCUT2D eigenvalue weighted by molar-refractivity contribution is -0.135. The molecule has 3 heterocycles. The average Bonchev–Trinajstić information content (AvgIpc) is 3.56. The summed E-state index contributed by atoms with van der Waals surface area (Å²) < 4.78 is 20.5. The minimum absolute atomic E-state index is 0.000479. The van der Waals surface area contributed by atoms with E-state index in [1.165, 1.54) is 12.1 Å². The third-order valence-corrected chi connectivity index (χ3v) is 7.01. The first-order valence-electron chi connectivity index (χ1n) is 12.7. The first kappa shape index (κ1) is 25.5. The number of piperidine rings is 1. The van der Waals surface area contributed by atoms with E-state index in [-0.39, 0.29) is 24.2 Å². The summed E-state index contributed by atoms with van der Waals surface area (Å²) >= 11 is 0. The standard InChI is InChI=1S/C28H31FN6O3/c1-38-22-5-2-19(3-6-22)24-9-15-35(34-24)18-26(36)33-28(10-13-30-14-11-28)27(37)31-12-8-20-17-32-25-7-4-21(29)16-23(20)25/h2-7,9,15-17,30,32H,8,10-14,18H2,1H3,(H,31,37)(H,33,36). The third kappa shape index (κ3) is 5.55. The van der Waals surface area contributed by atoms with Crippen molar-refractivity contribution in [1.82, 2.24) is 30.7 Å². The maximum Gasteiger partial charge on any atom is 0.245 e. The van der Waals surface area contributed by atoms with Crippen LogP contribution in [0.2, 0.25) is 0 Å². The van der Waals surface area contributed by atoms with Gasteiger partial charge >= 0.3 is 0 Å². The number of rotatable bonds is 9. The highest BCUT2D eigenvalue weighted by Crippen LogP contribution is 2.22. The van der Waals surface area contributed by atoms with Crippen LogP contribution < -0.4 is 20.7 Å². The van der Waals surface area contributed by atoms with Crippen molar-refractivity contribution in [3.63, 3.8) is 0 Å². The molecule has 1 aliphatic heterocycles. The van der Waals surface area contributed by atoms with Crippen LogP contribution in [0, 0.1) is 5.82 Å². The first-order chi connectivity index (χ1) is 18.5. The molecule has 0 spiro atoms. The van der Waals surface area contributed by atoms with Crippen LogP contribution in [0.4, 0.5) is 4.39 Å². The number of aromatic amines is 1. The van der Waals surface area contributed by atoms with Crippen molar-refractivity contribution < 1.29 is 18.7 Å². The molecule has 0 atom stereocenters. The van der Waals surface area contributed by atoms with E-state index < -0.39 is 5.54 Å². The summed E-state index contributed by atoms with van der Waals surface area (Å²) in [7, 11) is 1.61. The summed E-state index contributed by atoms with van der Waals surface area (Å²) in [6.45, 7) is 1.62. The Morgan fingerprint density at radius 2 is 1.92 bits per heavy atom. The molecule has 198 valence electrons. The molecule has 4 aromatic rings. The average molecular weight is 519 g/mol. The Hall–Kier alpha value is -4.18. The number of benzene rings is 2. The molecule has 5 rings (SSSR count). The van der Waals surface area contributed by atoms with Gasteiger partial charge in [0.05, 0.1) is 12.8 Å². The minimum atomic E-state index is -0.999. The zero-order chi connectivity index (χ0) is 26.5. The van der Waals surface area contributed by atoms with E-state index in [0.717, 1.165) is 33.5 Å². The molecule has 0 aliphatic carbocycles. The lowest BCUT2D eigenvalue weighted by Gasteiger charge is -2.37. The van der Waals surface area contributed by atoms with Gasteiger partial charge in [-0.3, -0.25) is 14.3 Å². The Morgan fingerprint density at radius 1 is 1.13 bits per heavy atom. The van der Waals surface area contributed by atoms with Gasteiger partial charge in [-0.15, -0.1) is 0 Å². The van der Waals surface area contributed by atoms with Gasteiger partial charge in [0.15, 0.2) is 0 Å². The number of carbonyl (C=O) groups excluding carboxylic acids is 2. The van der Waals surface area contributed by atoms with E-state index in [1.807, 2.05) is 36.5 Å². The fourth-order valence-electron chi connectivity index (χ4n) is 4.92. The fourth-order valence-corrected chi connectivity index (χ4v) is 4.92. The van der Waals surface area contributed by atoms with Gasteiger partial charge in [0, 0.05) is 35.4 Å². The second-order valence-electron chi connectivity index (χ2n) is 9.52. The number of nitrogens with zero attached hydrogens (tertiary/aromatic N) is 2. The number of hydrogen-bond acceptors (Lipinski definition) is 5. The molecule has 0 saturated carbocycles. The molecule has 4 N–H and O–H groups in total. The van der Waals surface area contributed by atoms with Crippen LogP contribution in [-0.2, 0) is 22.6 Å². The number of fused-ring (bicyclic) bond motifs is 1. The second kappa shape index (κ2) is 11.1. The lowest BCUT2D eigenvalue weighted by Crippen LogP contribution is -2.63. The summed E-state index contributed by atoms with van der Waals surface area (Å²) in [5.74, 6) is -0.0307. The van der Waals surface area contributed by atoms with Crippen molar-refractivity contribution in [3.8, 4) is 17.0 Å². The van der Waals surface area contributed by atoms with Crippen molar-refractivity contribution in [3.05, 3.63) is 72.3 Å². The third-order valence-electron chi connectivity index (χ3n) is 7.01. The highest BCUT2D eigenvalue weighted by molar-refractivity contribution is 5.91. The van der Waals surface area contributed by atoms with Gasteiger partial charge in [-0.25, -0.2) is 4.39 Å². The second-order valence-corrected chi connectivity index (χ2v) is 9.52. The number of nitrogens with one attached hydrogen (secondary N) is 4. The zero-order valence-electron chi connectivity index (χ0n) is 21.2. The van der Waals surface area contributed by atoms with E-state index in [1.54, 1.807) is 24.1 Å². The van der Waals surface area contributed by atoms with E-state index in [4.69, 9.17) is 4.74 Å². The van der Waals surface area contributed by atoms with Crippen LogP contribution in [-0.4, -0.2) is 58.9 Å². The van der Waals surface area contributed by atoms with Gasteiger partial charge in [-0.2, -0.15) is 5.10 Å². The molecule has 1 aliphatic rings. The number of amides is 2. The van der Waals surface area contributed by atoms with Crippen molar-refractivity contribution in [2.75, 3.05) is 26.7 Å². The number of aromatic nitrogens is 3. The molecule has 1 saturated heterocycles. The summed E-state index contributed by atoms with van der Waals surface area (Å²) in [5, 5.41) is 14.6. The van der Waals surface area contributed by atoms with Crippen LogP contribution in [0.25, 0.3) is 22.2 Å². The number of methoxy groups -OCH3 is 1. The van der Waals surface area contributed by atoms with Gasteiger partial charge in [-0.1, -0.05) is 0 Å². The fraction of sp³-hybridized carbons (Fsp3) is 0.321. The highest BCUT2D eigenvalue weighted by Gasteiger charge is 2.40. The molecule has 0 bridgehead atoms. The number of ether oxygens (including phenoxy) is 1. The molecule has 10 heteroatoms. The molecule has 2 aromatic heterocycles. The van der Waals surface area contributed by atoms with Crippen molar-refractivity contribution in [2.24, 2.45) is 0 Å². The predicted octanol–water partition coefficient (Wildman–Crippen LogP) is 2.78. The van der Waals surface area contributed by atoms with E-state index in [2.05, 4.69) is 26.0 Å². The normalized spacial score (nSPS) is 14.8.